The predicted molar refractivity (Wildman–Crippen MR) is 70.6 cm³/mol. The minimum absolute atomic E-state index is 0.280. The molecular formula is C14H10FNO2S. The van der Waals surface area contributed by atoms with Gasteiger partial charge in [0, 0.05) is 21.0 Å². The maximum atomic E-state index is 13.5. The second kappa shape index (κ2) is 4.68. The SMILES string of the molecule is O=C1Nc2cc(Sc3ccccc3F)ccc2C1O. The van der Waals surface area contributed by atoms with E-state index in [-0.39, 0.29) is 5.82 Å². The summed E-state index contributed by atoms with van der Waals surface area (Å²) in [6, 6.07) is 11.7. The number of aliphatic hydroxyl groups excluding tert-OH is 1. The summed E-state index contributed by atoms with van der Waals surface area (Å²) in [4.78, 5) is 12.7. The van der Waals surface area contributed by atoms with Gasteiger partial charge in [-0.2, -0.15) is 0 Å². The minimum Gasteiger partial charge on any atom is -0.378 e. The van der Waals surface area contributed by atoms with Gasteiger partial charge in [0.1, 0.15) is 5.82 Å². The lowest BCUT2D eigenvalue weighted by Gasteiger charge is -2.05. The van der Waals surface area contributed by atoms with Crippen LogP contribution in [-0.2, 0) is 4.79 Å². The molecule has 0 saturated carbocycles. The van der Waals surface area contributed by atoms with E-state index < -0.39 is 12.0 Å². The fraction of sp³-hybridized carbons (Fsp3) is 0.0714. The van der Waals surface area contributed by atoms with Crippen LogP contribution in [0.15, 0.2) is 52.3 Å². The van der Waals surface area contributed by atoms with E-state index in [1.54, 1.807) is 36.4 Å². The molecule has 96 valence electrons. The summed E-state index contributed by atoms with van der Waals surface area (Å²) >= 11 is 1.27. The Labute approximate surface area is 113 Å². The van der Waals surface area contributed by atoms with Crippen LogP contribution in [0.4, 0.5) is 10.1 Å². The van der Waals surface area contributed by atoms with Crippen molar-refractivity contribution < 1.29 is 14.3 Å². The Bertz CT molecular complexity index is 660. The van der Waals surface area contributed by atoms with E-state index in [1.807, 2.05) is 0 Å². The van der Waals surface area contributed by atoms with Crippen LogP contribution in [0, 0.1) is 5.82 Å². The molecule has 2 aromatic rings. The predicted octanol–water partition coefficient (Wildman–Crippen LogP) is 2.96. The molecule has 3 nitrogen and oxygen atoms in total. The molecule has 2 N–H and O–H groups in total. The van der Waals surface area contributed by atoms with Gasteiger partial charge in [0.15, 0.2) is 6.10 Å². The van der Waals surface area contributed by atoms with Gasteiger partial charge in [-0.25, -0.2) is 4.39 Å². The number of aliphatic hydroxyl groups is 1. The molecular weight excluding hydrogens is 265 g/mol. The average molecular weight is 275 g/mol. The number of hydrogen-bond donors (Lipinski definition) is 2. The number of amides is 1. The van der Waals surface area contributed by atoms with Gasteiger partial charge in [-0.3, -0.25) is 4.79 Å². The molecule has 0 aliphatic carbocycles. The van der Waals surface area contributed by atoms with Crippen LogP contribution < -0.4 is 5.32 Å². The first-order chi connectivity index (χ1) is 9.15. The third kappa shape index (κ3) is 2.22. The molecule has 19 heavy (non-hydrogen) atoms. The van der Waals surface area contributed by atoms with Crippen molar-refractivity contribution in [2.45, 2.75) is 15.9 Å². The lowest BCUT2D eigenvalue weighted by molar-refractivity contribution is -0.123. The highest BCUT2D eigenvalue weighted by molar-refractivity contribution is 7.99. The number of benzene rings is 2. The number of hydrogen-bond acceptors (Lipinski definition) is 3. The number of fused-ring (bicyclic) bond motifs is 1. The third-order valence-corrected chi connectivity index (χ3v) is 3.93. The van der Waals surface area contributed by atoms with Crippen LogP contribution in [0.5, 0.6) is 0 Å². The Hall–Kier alpha value is -1.85. The van der Waals surface area contributed by atoms with Crippen molar-refractivity contribution in [3.8, 4) is 0 Å². The topological polar surface area (TPSA) is 49.3 Å². The average Bonchev–Trinajstić information content (AvgIpc) is 2.68. The normalized spacial score (nSPS) is 17.2. The van der Waals surface area contributed by atoms with Gasteiger partial charge in [-0.15, -0.1) is 0 Å². The molecule has 0 fully saturated rings. The molecule has 1 unspecified atom stereocenters. The highest BCUT2D eigenvalue weighted by atomic mass is 32.2. The number of halogens is 1. The molecule has 1 heterocycles. The van der Waals surface area contributed by atoms with E-state index in [0.29, 0.717) is 16.1 Å². The van der Waals surface area contributed by atoms with Gasteiger partial charge in [-0.05, 0) is 24.3 Å². The standard InChI is InChI=1S/C14H10FNO2S/c15-10-3-1-2-4-12(10)19-8-5-6-9-11(7-8)16-14(18)13(9)17/h1-7,13,17H,(H,16,18). The lowest BCUT2D eigenvalue weighted by Crippen LogP contribution is -2.10. The first-order valence-electron chi connectivity index (χ1n) is 5.70. The molecule has 3 rings (SSSR count). The number of anilines is 1. The first kappa shape index (κ1) is 12.2. The summed E-state index contributed by atoms with van der Waals surface area (Å²) in [6.07, 6.45) is -1.11. The van der Waals surface area contributed by atoms with Gasteiger partial charge in [0.05, 0.1) is 0 Å². The van der Waals surface area contributed by atoms with Crippen molar-refractivity contribution in [3.05, 3.63) is 53.8 Å². The minimum atomic E-state index is -1.11. The Balaban J connectivity index is 1.91. The van der Waals surface area contributed by atoms with Crippen molar-refractivity contribution in [1.29, 1.82) is 0 Å². The number of rotatable bonds is 2. The van der Waals surface area contributed by atoms with Gasteiger partial charge >= 0.3 is 0 Å². The molecule has 0 spiro atoms. The Morgan fingerprint density at radius 3 is 2.79 bits per heavy atom. The van der Waals surface area contributed by atoms with Crippen LogP contribution in [0.1, 0.15) is 11.7 Å². The molecule has 0 bridgehead atoms. The van der Waals surface area contributed by atoms with Gasteiger partial charge in [0.25, 0.3) is 5.91 Å². The zero-order valence-corrected chi connectivity index (χ0v) is 10.6. The Kier molecular flexibility index (Phi) is 3.00. The zero-order valence-electron chi connectivity index (χ0n) is 9.76. The van der Waals surface area contributed by atoms with Gasteiger partial charge < -0.3 is 10.4 Å². The fourth-order valence-electron chi connectivity index (χ4n) is 1.94. The maximum absolute atomic E-state index is 13.5. The second-order valence-electron chi connectivity index (χ2n) is 4.17. The monoisotopic (exact) mass is 275 g/mol. The number of carbonyl (C=O) groups is 1. The molecule has 1 atom stereocenters. The fourth-order valence-corrected chi connectivity index (χ4v) is 2.82. The van der Waals surface area contributed by atoms with E-state index in [1.165, 1.54) is 17.8 Å². The Morgan fingerprint density at radius 1 is 1.21 bits per heavy atom. The van der Waals surface area contributed by atoms with E-state index in [4.69, 9.17) is 0 Å². The number of nitrogens with one attached hydrogen (secondary N) is 1. The molecule has 2 aromatic carbocycles. The zero-order chi connectivity index (χ0) is 13.4. The quantitative estimate of drug-likeness (QED) is 0.886. The lowest BCUT2D eigenvalue weighted by atomic mass is 10.1. The number of carbonyl (C=O) groups excluding carboxylic acids is 1. The first-order valence-corrected chi connectivity index (χ1v) is 6.52. The second-order valence-corrected chi connectivity index (χ2v) is 5.29. The summed E-state index contributed by atoms with van der Waals surface area (Å²) in [5.41, 5.74) is 1.14. The van der Waals surface area contributed by atoms with Crippen LogP contribution in [0.2, 0.25) is 0 Å². The molecule has 0 radical (unpaired) electrons. The largest absolute Gasteiger partial charge is 0.378 e. The molecule has 1 aliphatic rings. The van der Waals surface area contributed by atoms with E-state index >= 15 is 0 Å². The van der Waals surface area contributed by atoms with Crippen LogP contribution in [0.25, 0.3) is 0 Å². The van der Waals surface area contributed by atoms with Crippen LogP contribution in [-0.4, -0.2) is 11.0 Å². The third-order valence-electron chi connectivity index (χ3n) is 2.89. The molecule has 1 aliphatic heterocycles. The summed E-state index contributed by atoms with van der Waals surface area (Å²) in [5, 5.41) is 12.2. The van der Waals surface area contributed by atoms with Crippen molar-refractivity contribution in [2.24, 2.45) is 0 Å². The van der Waals surface area contributed by atoms with Crippen molar-refractivity contribution in [3.63, 3.8) is 0 Å². The highest BCUT2D eigenvalue weighted by Crippen LogP contribution is 2.36. The summed E-state index contributed by atoms with van der Waals surface area (Å²) in [6.45, 7) is 0. The van der Waals surface area contributed by atoms with E-state index in [2.05, 4.69) is 5.32 Å². The van der Waals surface area contributed by atoms with Crippen LogP contribution >= 0.6 is 11.8 Å². The van der Waals surface area contributed by atoms with Gasteiger partial charge in [-0.1, -0.05) is 30.0 Å². The summed E-state index contributed by atoms with van der Waals surface area (Å²) in [5.74, 6) is -0.708. The maximum Gasteiger partial charge on any atom is 0.257 e. The molecule has 0 saturated heterocycles. The highest BCUT2D eigenvalue weighted by Gasteiger charge is 2.28. The van der Waals surface area contributed by atoms with Crippen molar-refractivity contribution >= 4 is 23.4 Å². The van der Waals surface area contributed by atoms with Crippen molar-refractivity contribution in [1.82, 2.24) is 0 Å². The van der Waals surface area contributed by atoms with E-state index in [9.17, 15) is 14.3 Å². The summed E-state index contributed by atoms with van der Waals surface area (Å²) < 4.78 is 13.5. The summed E-state index contributed by atoms with van der Waals surface area (Å²) in [7, 11) is 0. The van der Waals surface area contributed by atoms with Gasteiger partial charge in [0.2, 0.25) is 0 Å². The molecule has 5 heteroatoms. The van der Waals surface area contributed by atoms with Crippen LogP contribution in [0.3, 0.4) is 0 Å². The smallest absolute Gasteiger partial charge is 0.257 e. The Morgan fingerprint density at radius 2 is 2.00 bits per heavy atom. The molecule has 1 amide bonds. The van der Waals surface area contributed by atoms with Crippen molar-refractivity contribution in [2.75, 3.05) is 5.32 Å². The van der Waals surface area contributed by atoms with E-state index in [0.717, 1.165) is 4.90 Å². The molecule has 0 aromatic heterocycles.